The molecule has 0 unspecified atom stereocenters. The molecule has 1 aliphatic carbocycles. The third-order valence-corrected chi connectivity index (χ3v) is 4.09. The molecule has 0 aliphatic heterocycles. The normalized spacial score (nSPS) is 17.1. The molecule has 1 aliphatic rings. The summed E-state index contributed by atoms with van der Waals surface area (Å²) in [5, 5.41) is 4.06. The number of hydrogen-bond donors (Lipinski definition) is 1. The molecule has 1 aromatic carbocycles. The summed E-state index contributed by atoms with van der Waals surface area (Å²) in [6.45, 7) is 0.712. The quantitative estimate of drug-likeness (QED) is 0.892. The fraction of sp³-hybridized carbons (Fsp3) is 0.467. The Morgan fingerprint density at radius 2 is 2.00 bits per heavy atom. The van der Waals surface area contributed by atoms with E-state index in [0.717, 1.165) is 24.6 Å². The largest absolute Gasteiger partial charge is 0.339 e. The van der Waals surface area contributed by atoms with E-state index in [4.69, 9.17) is 10.3 Å². The smallest absolute Gasteiger partial charge is 0.227 e. The first-order valence-electron chi connectivity index (χ1n) is 6.85. The lowest BCUT2D eigenvalue weighted by Gasteiger charge is -2.39. The SMILES string of the molecule is NCC1(Cc2nc(Cc3ccccc3)no2)CCC1. The van der Waals surface area contributed by atoms with Gasteiger partial charge in [0.25, 0.3) is 0 Å². The number of nitrogens with zero attached hydrogens (tertiary/aromatic N) is 2. The Morgan fingerprint density at radius 1 is 1.21 bits per heavy atom. The van der Waals surface area contributed by atoms with E-state index in [9.17, 15) is 0 Å². The van der Waals surface area contributed by atoms with Crippen LogP contribution >= 0.6 is 0 Å². The molecular weight excluding hydrogens is 238 g/mol. The van der Waals surface area contributed by atoms with Crippen LogP contribution in [-0.2, 0) is 12.8 Å². The van der Waals surface area contributed by atoms with Gasteiger partial charge in [0.05, 0.1) is 0 Å². The monoisotopic (exact) mass is 257 g/mol. The molecule has 3 rings (SSSR count). The Morgan fingerprint density at radius 3 is 2.63 bits per heavy atom. The lowest BCUT2D eigenvalue weighted by molar-refractivity contribution is 0.129. The fourth-order valence-corrected chi connectivity index (χ4v) is 2.66. The number of nitrogens with two attached hydrogens (primary N) is 1. The second-order valence-electron chi connectivity index (χ2n) is 5.50. The van der Waals surface area contributed by atoms with Crippen molar-refractivity contribution in [1.82, 2.24) is 10.1 Å². The van der Waals surface area contributed by atoms with Crippen LogP contribution < -0.4 is 5.73 Å². The fourth-order valence-electron chi connectivity index (χ4n) is 2.66. The van der Waals surface area contributed by atoms with Crippen LogP contribution in [0, 0.1) is 5.41 Å². The van der Waals surface area contributed by atoms with Crippen LogP contribution in [0.5, 0.6) is 0 Å². The van der Waals surface area contributed by atoms with Crippen LogP contribution in [-0.4, -0.2) is 16.7 Å². The second kappa shape index (κ2) is 5.13. The van der Waals surface area contributed by atoms with Gasteiger partial charge in [0.1, 0.15) is 0 Å². The lowest BCUT2D eigenvalue weighted by atomic mass is 9.67. The van der Waals surface area contributed by atoms with Crippen LogP contribution in [0.25, 0.3) is 0 Å². The zero-order valence-electron chi connectivity index (χ0n) is 11.0. The van der Waals surface area contributed by atoms with E-state index in [1.807, 2.05) is 18.2 Å². The van der Waals surface area contributed by atoms with Crippen LogP contribution in [0.4, 0.5) is 0 Å². The van der Waals surface area contributed by atoms with Gasteiger partial charge >= 0.3 is 0 Å². The maximum absolute atomic E-state index is 5.86. The third-order valence-electron chi connectivity index (χ3n) is 4.09. The van der Waals surface area contributed by atoms with E-state index in [0.29, 0.717) is 6.54 Å². The number of rotatable bonds is 5. The maximum Gasteiger partial charge on any atom is 0.227 e. The minimum atomic E-state index is 0.219. The Labute approximate surface area is 113 Å². The van der Waals surface area contributed by atoms with Crippen molar-refractivity contribution < 1.29 is 4.52 Å². The zero-order chi connectivity index (χ0) is 13.1. The van der Waals surface area contributed by atoms with Gasteiger partial charge in [0.2, 0.25) is 5.89 Å². The number of hydrogen-bond acceptors (Lipinski definition) is 4. The van der Waals surface area contributed by atoms with E-state index in [1.54, 1.807) is 0 Å². The van der Waals surface area contributed by atoms with Crippen molar-refractivity contribution >= 4 is 0 Å². The van der Waals surface area contributed by atoms with E-state index in [1.165, 1.54) is 24.8 Å². The molecule has 0 amide bonds. The van der Waals surface area contributed by atoms with Crippen LogP contribution in [0.2, 0.25) is 0 Å². The molecule has 0 saturated heterocycles. The van der Waals surface area contributed by atoms with Gasteiger partial charge in [0, 0.05) is 12.8 Å². The maximum atomic E-state index is 5.86. The van der Waals surface area contributed by atoms with Gasteiger partial charge in [-0.05, 0) is 30.4 Å². The third kappa shape index (κ3) is 2.68. The Hall–Kier alpha value is -1.68. The first kappa shape index (κ1) is 12.4. The average Bonchev–Trinajstić information content (AvgIpc) is 2.82. The van der Waals surface area contributed by atoms with E-state index in [2.05, 4.69) is 22.3 Å². The first-order chi connectivity index (χ1) is 9.30. The van der Waals surface area contributed by atoms with Gasteiger partial charge in [-0.1, -0.05) is 41.9 Å². The van der Waals surface area contributed by atoms with Crippen LogP contribution in [0.1, 0.15) is 36.5 Å². The van der Waals surface area contributed by atoms with Gasteiger partial charge < -0.3 is 10.3 Å². The molecule has 1 heterocycles. The summed E-state index contributed by atoms with van der Waals surface area (Å²) in [5.74, 6) is 1.49. The van der Waals surface area contributed by atoms with Crippen molar-refractivity contribution in [3.63, 3.8) is 0 Å². The minimum Gasteiger partial charge on any atom is -0.339 e. The van der Waals surface area contributed by atoms with Gasteiger partial charge in [0.15, 0.2) is 5.82 Å². The summed E-state index contributed by atoms with van der Waals surface area (Å²) in [5.41, 5.74) is 7.28. The molecular formula is C15H19N3O. The zero-order valence-corrected chi connectivity index (χ0v) is 11.0. The topological polar surface area (TPSA) is 64.9 Å². The Bertz CT molecular complexity index is 526. The lowest BCUT2D eigenvalue weighted by Crippen LogP contribution is -2.39. The molecule has 2 N–H and O–H groups in total. The highest BCUT2D eigenvalue weighted by atomic mass is 16.5. The molecule has 1 saturated carbocycles. The summed E-state index contributed by atoms with van der Waals surface area (Å²) in [6, 6.07) is 10.2. The van der Waals surface area contributed by atoms with Gasteiger partial charge in [-0.3, -0.25) is 0 Å². The van der Waals surface area contributed by atoms with Gasteiger partial charge in [-0.15, -0.1) is 0 Å². The number of aromatic nitrogens is 2. The highest BCUT2D eigenvalue weighted by Gasteiger charge is 2.37. The Kier molecular flexibility index (Phi) is 3.34. The first-order valence-corrected chi connectivity index (χ1v) is 6.85. The van der Waals surface area contributed by atoms with E-state index in [-0.39, 0.29) is 5.41 Å². The summed E-state index contributed by atoms with van der Waals surface area (Å²) < 4.78 is 5.35. The molecule has 0 atom stereocenters. The molecule has 4 heteroatoms. The predicted octanol–water partition coefficient (Wildman–Crippen LogP) is 2.33. The molecule has 0 radical (unpaired) electrons. The molecule has 1 fully saturated rings. The van der Waals surface area contributed by atoms with Crippen molar-refractivity contribution in [2.45, 2.75) is 32.1 Å². The summed E-state index contributed by atoms with van der Waals surface area (Å²) in [7, 11) is 0. The molecule has 4 nitrogen and oxygen atoms in total. The van der Waals surface area contributed by atoms with Crippen molar-refractivity contribution in [1.29, 1.82) is 0 Å². The molecule has 1 aromatic heterocycles. The Balaban J connectivity index is 1.66. The summed E-state index contributed by atoms with van der Waals surface area (Å²) in [4.78, 5) is 4.49. The van der Waals surface area contributed by atoms with Crippen LogP contribution in [0.3, 0.4) is 0 Å². The van der Waals surface area contributed by atoms with Crippen molar-refractivity contribution in [3.05, 3.63) is 47.6 Å². The minimum absolute atomic E-state index is 0.219. The van der Waals surface area contributed by atoms with Crippen molar-refractivity contribution in [2.24, 2.45) is 11.1 Å². The second-order valence-corrected chi connectivity index (χ2v) is 5.50. The van der Waals surface area contributed by atoms with Gasteiger partial charge in [-0.2, -0.15) is 4.98 Å². The molecule has 2 aromatic rings. The standard InChI is InChI=1S/C15H19N3O/c16-11-15(7-4-8-15)10-14-17-13(18-19-14)9-12-5-2-1-3-6-12/h1-3,5-6H,4,7-11,16H2. The molecule has 0 bridgehead atoms. The highest BCUT2D eigenvalue weighted by molar-refractivity contribution is 5.18. The average molecular weight is 257 g/mol. The molecule has 0 spiro atoms. The summed E-state index contributed by atoms with van der Waals surface area (Å²) in [6.07, 6.45) is 5.17. The van der Waals surface area contributed by atoms with E-state index < -0.39 is 0 Å². The van der Waals surface area contributed by atoms with Crippen molar-refractivity contribution in [3.8, 4) is 0 Å². The van der Waals surface area contributed by atoms with Crippen molar-refractivity contribution in [2.75, 3.05) is 6.54 Å². The van der Waals surface area contributed by atoms with E-state index >= 15 is 0 Å². The van der Waals surface area contributed by atoms with Gasteiger partial charge in [-0.25, -0.2) is 0 Å². The molecule has 19 heavy (non-hydrogen) atoms. The highest BCUT2D eigenvalue weighted by Crippen LogP contribution is 2.42. The summed E-state index contributed by atoms with van der Waals surface area (Å²) >= 11 is 0. The predicted molar refractivity (Wildman–Crippen MR) is 72.6 cm³/mol. The number of benzene rings is 1. The van der Waals surface area contributed by atoms with Crippen LogP contribution in [0.15, 0.2) is 34.9 Å². The molecule has 100 valence electrons.